The third-order valence-corrected chi connectivity index (χ3v) is 3.65. The second-order valence-electron chi connectivity index (χ2n) is 5.42. The number of Topliss-reactive ketones (excluding diaryl/α,β-unsaturated/α-hetero) is 1. The number of anilines is 2. The quantitative estimate of drug-likeness (QED) is 0.706. The summed E-state index contributed by atoms with van der Waals surface area (Å²) in [4.78, 5) is 27.7. The molecule has 2 aromatic carbocycles. The zero-order chi connectivity index (χ0) is 16.9. The van der Waals surface area contributed by atoms with Crippen molar-refractivity contribution in [1.82, 2.24) is 4.98 Å². The largest absolute Gasteiger partial charge is 0.376 e. The highest BCUT2D eigenvalue weighted by Gasteiger charge is 2.06. The van der Waals surface area contributed by atoms with Gasteiger partial charge in [-0.25, -0.2) is 0 Å². The normalized spacial score (nSPS) is 10.4. The van der Waals surface area contributed by atoms with Crippen LogP contribution >= 0.6 is 0 Å². The van der Waals surface area contributed by atoms with Gasteiger partial charge in [0.25, 0.3) is 0 Å². The predicted molar refractivity (Wildman–Crippen MR) is 95.3 cm³/mol. The van der Waals surface area contributed by atoms with Crippen molar-refractivity contribution in [3.8, 4) is 0 Å². The van der Waals surface area contributed by atoms with Gasteiger partial charge in [-0.1, -0.05) is 18.2 Å². The molecule has 0 unspecified atom stereocenters. The van der Waals surface area contributed by atoms with Gasteiger partial charge in [-0.3, -0.25) is 14.6 Å². The molecule has 1 aromatic heterocycles. The summed E-state index contributed by atoms with van der Waals surface area (Å²) in [5.74, 6) is -0.147. The van der Waals surface area contributed by atoms with Crippen molar-refractivity contribution in [3.05, 3.63) is 66.4 Å². The second kappa shape index (κ2) is 6.91. The molecule has 0 aliphatic rings. The topological polar surface area (TPSA) is 71.1 Å². The first-order valence-corrected chi connectivity index (χ1v) is 7.62. The molecular weight excluding hydrogens is 302 g/mol. The summed E-state index contributed by atoms with van der Waals surface area (Å²) in [7, 11) is 0. The standard InChI is InChI=1S/C19H17N3O2/c1-13(23)14-7-9-16(10-8-14)21-12-18(24)22-17-6-2-4-15-5-3-11-20-19(15)17/h2-11,21H,12H2,1H3,(H,22,24). The molecule has 2 N–H and O–H groups in total. The van der Waals surface area contributed by atoms with E-state index in [2.05, 4.69) is 15.6 Å². The highest BCUT2D eigenvalue weighted by atomic mass is 16.2. The number of benzene rings is 2. The van der Waals surface area contributed by atoms with Crippen LogP contribution in [0.3, 0.4) is 0 Å². The fraction of sp³-hybridized carbons (Fsp3) is 0.105. The number of hydrogen-bond acceptors (Lipinski definition) is 4. The zero-order valence-electron chi connectivity index (χ0n) is 13.2. The number of amides is 1. The van der Waals surface area contributed by atoms with Gasteiger partial charge < -0.3 is 10.6 Å². The van der Waals surface area contributed by atoms with Crippen LogP contribution in [0.5, 0.6) is 0 Å². The maximum Gasteiger partial charge on any atom is 0.243 e. The summed E-state index contributed by atoms with van der Waals surface area (Å²) in [6, 6.07) is 16.5. The van der Waals surface area contributed by atoms with Crippen LogP contribution in [0.15, 0.2) is 60.8 Å². The van der Waals surface area contributed by atoms with Crippen molar-refractivity contribution in [2.45, 2.75) is 6.92 Å². The lowest BCUT2D eigenvalue weighted by molar-refractivity contribution is -0.114. The lowest BCUT2D eigenvalue weighted by Crippen LogP contribution is -2.22. The second-order valence-corrected chi connectivity index (χ2v) is 5.42. The van der Waals surface area contributed by atoms with Gasteiger partial charge in [0.2, 0.25) is 5.91 Å². The van der Waals surface area contributed by atoms with E-state index in [0.29, 0.717) is 11.3 Å². The first-order chi connectivity index (χ1) is 11.6. The summed E-state index contributed by atoms with van der Waals surface area (Å²) in [5, 5.41) is 6.88. The average Bonchev–Trinajstić information content (AvgIpc) is 2.61. The van der Waals surface area contributed by atoms with Crippen molar-refractivity contribution < 1.29 is 9.59 Å². The molecule has 24 heavy (non-hydrogen) atoms. The Hall–Kier alpha value is -3.21. The fourth-order valence-corrected chi connectivity index (χ4v) is 2.40. The van der Waals surface area contributed by atoms with Crippen LogP contribution in [0.2, 0.25) is 0 Å². The molecule has 5 heteroatoms. The minimum Gasteiger partial charge on any atom is -0.376 e. The molecule has 120 valence electrons. The van der Waals surface area contributed by atoms with E-state index in [9.17, 15) is 9.59 Å². The number of fused-ring (bicyclic) bond motifs is 1. The molecule has 0 aliphatic carbocycles. The van der Waals surface area contributed by atoms with Crippen molar-refractivity contribution in [2.24, 2.45) is 0 Å². The van der Waals surface area contributed by atoms with Gasteiger partial charge in [-0.05, 0) is 43.3 Å². The summed E-state index contributed by atoms with van der Waals surface area (Å²) in [5.41, 5.74) is 2.88. The molecule has 1 amide bonds. The predicted octanol–water partition coefficient (Wildman–Crippen LogP) is 3.49. The van der Waals surface area contributed by atoms with Crippen LogP contribution in [-0.4, -0.2) is 23.2 Å². The van der Waals surface area contributed by atoms with E-state index in [1.54, 1.807) is 30.5 Å². The molecule has 3 aromatic rings. The van der Waals surface area contributed by atoms with Crippen molar-refractivity contribution in [3.63, 3.8) is 0 Å². The van der Waals surface area contributed by atoms with Gasteiger partial charge in [0.05, 0.1) is 17.7 Å². The Morgan fingerprint density at radius 2 is 1.75 bits per heavy atom. The first-order valence-electron chi connectivity index (χ1n) is 7.62. The smallest absolute Gasteiger partial charge is 0.243 e. The van der Waals surface area contributed by atoms with Gasteiger partial charge in [0, 0.05) is 22.8 Å². The summed E-state index contributed by atoms with van der Waals surface area (Å²) in [6.07, 6.45) is 1.70. The zero-order valence-corrected chi connectivity index (χ0v) is 13.2. The lowest BCUT2D eigenvalue weighted by Gasteiger charge is -2.10. The molecule has 1 heterocycles. The number of para-hydroxylation sites is 1. The van der Waals surface area contributed by atoms with Crippen LogP contribution in [0, 0.1) is 0 Å². The van der Waals surface area contributed by atoms with Crippen molar-refractivity contribution >= 4 is 34.0 Å². The number of carbonyl (C=O) groups is 2. The highest BCUT2D eigenvalue weighted by Crippen LogP contribution is 2.20. The first kappa shape index (κ1) is 15.7. The molecule has 0 saturated carbocycles. The third kappa shape index (κ3) is 3.57. The summed E-state index contributed by atoms with van der Waals surface area (Å²) < 4.78 is 0. The van der Waals surface area contributed by atoms with Crippen LogP contribution in [0.4, 0.5) is 11.4 Å². The van der Waals surface area contributed by atoms with Crippen LogP contribution < -0.4 is 10.6 Å². The third-order valence-electron chi connectivity index (χ3n) is 3.65. The lowest BCUT2D eigenvalue weighted by atomic mass is 10.1. The number of carbonyl (C=O) groups excluding carboxylic acids is 2. The average molecular weight is 319 g/mol. The molecule has 5 nitrogen and oxygen atoms in total. The van der Waals surface area contributed by atoms with E-state index >= 15 is 0 Å². The molecule has 0 bridgehead atoms. The van der Waals surface area contributed by atoms with Gasteiger partial charge >= 0.3 is 0 Å². The van der Waals surface area contributed by atoms with E-state index in [1.165, 1.54) is 6.92 Å². The van der Waals surface area contributed by atoms with Crippen LogP contribution in [0.25, 0.3) is 10.9 Å². The Morgan fingerprint density at radius 3 is 2.50 bits per heavy atom. The number of nitrogens with zero attached hydrogens (tertiary/aromatic N) is 1. The maximum atomic E-state index is 12.1. The Morgan fingerprint density at radius 1 is 1.00 bits per heavy atom. The van der Waals surface area contributed by atoms with E-state index in [0.717, 1.165) is 16.6 Å². The monoisotopic (exact) mass is 319 g/mol. The number of hydrogen-bond donors (Lipinski definition) is 2. The molecule has 0 atom stereocenters. The van der Waals surface area contributed by atoms with Crippen LogP contribution in [-0.2, 0) is 4.79 Å². The van der Waals surface area contributed by atoms with E-state index in [1.807, 2.05) is 30.3 Å². The van der Waals surface area contributed by atoms with Gasteiger partial charge in [-0.2, -0.15) is 0 Å². The van der Waals surface area contributed by atoms with Crippen molar-refractivity contribution in [1.29, 1.82) is 0 Å². The number of aromatic nitrogens is 1. The minimum atomic E-state index is -0.163. The minimum absolute atomic E-state index is 0.0164. The Labute approximate surface area is 139 Å². The Bertz CT molecular complexity index is 883. The molecule has 3 rings (SSSR count). The molecule has 0 radical (unpaired) electrons. The number of rotatable bonds is 5. The molecule has 0 spiro atoms. The van der Waals surface area contributed by atoms with Gasteiger partial charge in [0.15, 0.2) is 5.78 Å². The Balaban J connectivity index is 1.64. The van der Waals surface area contributed by atoms with E-state index in [4.69, 9.17) is 0 Å². The van der Waals surface area contributed by atoms with Crippen LogP contribution in [0.1, 0.15) is 17.3 Å². The summed E-state index contributed by atoms with van der Waals surface area (Å²) >= 11 is 0. The number of pyridine rings is 1. The molecule has 0 fully saturated rings. The maximum absolute atomic E-state index is 12.1. The molecular formula is C19H17N3O2. The van der Waals surface area contributed by atoms with Gasteiger partial charge in [0.1, 0.15) is 0 Å². The highest BCUT2D eigenvalue weighted by molar-refractivity contribution is 6.01. The summed E-state index contributed by atoms with van der Waals surface area (Å²) in [6.45, 7) is 1.65. The molecule has 0 saturated heterocycles. The van der Waals surface area contributed by atoms with Gasteiger partial charge in [-0.15, -0.1) is 0 Å². The number of ketones is 1. The van der Waals surface area contributed by atoms with Crippen molar-refractivity contribution in [2.75, 3.05) is 17.2 Å². The number of nitrogens with one attached hydrogen (secondary N) is 2. The molecule has 0 aliphatic heterocycles. The fourth-order valence-electron chi connectivity index (χ4n) is 2.40. The van der Waals surface area contributed by atoms with E-state index in [-0.39, 0.29) is 18.2 Å². The SMILES string of the molecule is CC(=O)c1ccc(NCC(=O)Nc2cccc3cccnc23)cc1. The Kier molecular flexibility index (Phi) is 4.52. The van der Waals surface area contributed by atoms with E-state index < -0.39 is 0 Å².